The van der Waals surface area contributed by atoms with Gasteiger partial charge in [0.15, 0.2) is 0 Å². The highest BCUT2D eigenvalue weighted by Crippen LogP contribution is 2.44. The first-order chi connectivity index (χ1) is 17.9. The van der Waals surface area contributed by atoms with Crippen LogP contribution in [0.4, 0.5) is 23.7 Å². The molecule has 0 unspecified atom stereocenters. The van der Waals surface area contributed by atoms with E-state index < -0.39 is 52.0 Å². The first-order valence-electron chi connectivity index (χ1n) is 12.2. The molecule has 11 heteroatoms. The van der Waals surface area contributed by atoms with Crippen LogP contribution < -0.4 is 14.4 Å². The number of ether oxygens (including phenoxy) is 2. The van der Waals surface area contributed by atoms with Crippen molar-refractivity contribution < 1.29 is 36.4 Å². The second-order valence-electron chi connectivity index (χ2n) is 11.0. The van der Waals surface area contributed by atoms with Crippen molar-refractivity contribution in [1.29, 1.82) is 0 Å². The van der Waals surface area contributed by atoms with Gasteiger partial charge in [0.25, 0.3) is 5.91 Å². The zero-order chi connectivity index (χ0) is 29.3. The number of carbonyl (C=O) groups is 2. The number of nitrogens with one attached hydrogen (secondary N) is 1. The number of methoxy groups -OCH3 is 1. The summed E-state index contributed by atoms with van der Waals surface area (Å²) in [5.74, 6) is -0.343. The molecule has 2 amide bonds. The molecule has 3 rings (SSSR count). The molecular formula is C28H33F3N2O5S. The molecule has 39 heavy (non-hydrogen) atoms. The lowest BCUT2D eigenvalue weighted by atomic mass is 9.90. The smallest absolute Gasteiger partial charge is 0.422 e. The summed E-state index contributed by atoms with van der Waals surface area (Å²) in [5.41, 5.74) is -0.150. The number of nitrogens with zero attached hydrogens (tertiary/aromatic N) is 1. The Kier molecular flexibility index (Phi) is 8.66. The van der Waals surface area contributed by atoms with Crippen molar-refractivity contribution in [3.05, 3.63) is 59.7 Å². The number of alkyl halides is 3. The van der Waals surface area contributed by atoms with E-state index in [-0.39, 0.29) is 22.4 Å². The molecule has 2 atom stereocenters. The highest BCUT2D eigenvalue weighted by atomic mass is 32.2. The molecule has 0 radical (unpaired) electrons. The molecule has 0 aromatic heterocycles. The first kappa shape index (κ1) is 30.4. The molecule has 2 aromatic carbocycles. The van der Waals surface area contributed by atoms with Crippen molar-refractivity contribution in [2.24, 2.45) is 0 Å². The average Bonchev–Trinajstić information content (AvgIpc) is 3.11. The lowest BCUT2D eigenvalue weighted by Gasteiger charge is -2.27. The molecule has 212 valence electrons. The highest BCUT2D eigenvalue weighted by molar-refractivity contribution is 7.84. The molecule has 1 heterocycles. The number of halogens is 3. The van der Waals surface area contributed by atoms with Crippen LogP contribution in [0.15, 0.2) is 48.5 Å². The normalized spacial score (nSPS) is 17.0. The fraction of sp³-hybridized carbons (Fsp3) is 0.429. The Hall–Kier alpha value is -3.18. The molecule has 1 aliphatic heterocycles. The predicted molar refractivity (Wildman–Crippen MR) is 145 cm³/mol. The molecule has 0 spiro atoms. The minimum atomic E-state index is -4.80. The summed E-state index contributed by atoms with van der Waals surface area (Å²) >= 11 is 0. The molecule has 0 saturated heterocycles. The number of anilines is 1. The molecule has 0 aliphatic carbocycles. The minimum Gasteiger partial charge on any atom is -0.497 e. The lowest BCUT2D eigenvalue weighted by Crippen LogP contribution is -2.47. The Bertz CT molecular complexity index is 1290. The van der Waals surface area contributed by atoms with Gasteiger partial charge in [0, 0.05) is 5.56 Å². The molecular weight excluding hydrogens is 533 g/mol. The number of imide groups is 1. The summed E-state index contributed by atoms with van der Waals surface area (Å²) < 4.78 is 67.6. The SMILES string of the molecule is COc1ccc(/C(C[C@H](N[S@@](=O)C(C)(C)C)C(F)(F)F)=C2/C(=O)N(C(=O)OC(C)(C)C)c3ccccc32)cc1. The van der Waals surface area contributed by atoms with Gasteiger partial charge in [-0.15, -0.1) is 0 Å². The van der Waals surface area contributed by atoms with E-state index in [1.54, 1.807) is 84.0 Å². The van der Waals surface area contributed by atoms with Crippen LogP contribution in [-0.2, 0) is 20.5 Å². The second kappa shape index (κ2) is 11.1. The van der Waals surface area contributed by atoms with Gasteiger partial charge in [0.1, 0.15) is 17.4 Å². The Morgan fingerprint density at radius 2 is 1.59 bits per heavy atom. The van der Waals surface area contributed by atoms with Crippen LogP contribution in [0.5, 0.6) is 5.75 Å². The van der Waals surface area contributed by atoms with Crippen molar-refractivity contribution in [2.45, 2.75) is 70.5 Å². The van der Waals surface area contributed by atoms with Gasteiger partial charge in [0.2, 0.25) is 0 Å². The number of benzene rings is 2. The maximum absolute atomic E-state index is 14.3. The van der Waals surface area contributed by atoms with Crippen LogP contribution in [0, 0.1) is 0 Å². The van der Waals surface area contributed by atoms with E-state index in [2.05, 4.69) is 4.72 Å². The topological polar surface area (TPSA) is 84.9 Å². The molecule has 0 fully saturated rings. The van der Waals surface area contributed by atoms with E-state index in [9.17, 15) is 27.0 Å². The van der Waals surface area contributed by atoms with Gasteiger partial charge in [-0.3, -0.25) is 4.79 Å². The highest BCUT2D eigenvalue weighted by Gasteiger charge is 2.45. The van der Waals surface area contributed by atoms with Crippen LogP contribution in [-0.4, -0.2) is 45.9 Å². The van der Waals surface area contributed by atoms with Crippen LogP contribution in [0.3, 0.4) is 0 Å². The van der Waals surface area contributed by atoms with Crippen molar-refractivity contribution in [3.63, 3.8) is 0 Å². The van der Waals surface area contributed by atoms with Crippen molar-refractivity contribution in [1.82, 2.24) is 4.72 Å². The number of amides is 2. The molecule has 0 saturated carbocycles. The number of fused-ring (bicyclic) bond motifs is 1. The summed E-state index contributed by atoms with van der Waals surface area (Å²) in [4.78, 5) is 27.7. The Balaban J connectivity index is 2.24. The van der Waals surface area contributed by atoms with Gasteiger partial charge in [-0.25, -0.2) is 18.6 Å². The standard InChI is InChI=1S/C28H33F3N2O5S/c1-26(2,3)38-25(35)33-21-11-9-8-10-19(21)23(24(33)34)20(17-12-14-18(37-7)15-13-17)16-22(28(29,30)31)32-39(36)27(4,5)6/h8-15,22,32H,16H2,1-7H3/b23-20+/t22-,39-/m0/s1. The summed E-state index contributed by atoms with van der Waals surface area (Å²) in [6.07, 6.45) is -6.47. The summed E-state index contributed by atoms with van der Waals surface area (Å²) in [5, 5.41) is 0. The monoisotopic (exact) mass is 566 g/mol. The van der Waals surface area contributed by atoms with Gasteiger partial charge in [0.05, 0.1) is 34.1 Å². The van der Waals surface area contributed by atoms with Crippen molar-refractivity contribution in [3.8, 4) is 5.75 Å². The minimum absolute atomic E-state index is 0.0295. The van der Waals surface area contributed by atoms with Gasteiger partial charge >= 0.3 is 12.3 Å². The molecule has 0 bridgehead atoms. The Labute approximate surface area is 228 Å². The van der Waals surface area contributed by atoms with E-state index in [4.69, 9.17) is 9.47 Å². The van der Waals surface area contributed by atoms with Crippen LogP contribution in [0.25, 0.3) is 11.1 Å². The molecule has 7 nitrogen and oxygen atoms in total. The third kappa shape index (κ3) is 7.07. The Morgan fingerprint density at radius 1 is 1.00 bits per heavy atom. The number of carbonyl (C=O) groups excluding carboxylic acids is 2. The van der Waals surface area contributed by atoms with Gasteiger partial charge in [-0.1, -0.05) is 30.3 Å². The van der Waals surface area contributed by atoms with Crippen LogP contribution in [0.2, 0.25) is 0 Å². The van der Waals surface area contributed by atoms with Gasteiger partial charge in [-0.05, 0) is 77.3 Å². The molecule has 1 N–H and O–H groups in total. The molecule has 1 aliphatic rings. The number of hydrogen-bond acceptors (Lipinski definition) is 5. The third-order valence-corrected chi connectivity index (χ3v) is 7.37. The fourth-order valence-corrected chi connectivity index (χ4v) is 4.72. The van der Waals surface area contributed by atoms with Gasteiger partial charge in [-0.2, -0.15) is 13.2 Å². The maximum atomic E-state index is 14.3. The van der Waals surface area contributed by atoms with E-state index >= 15 is 0 Å². The van der Waals surface area contributed by atoms with E-state index in [0.717, 1.165) is 4.90 Å². The van der Waals surface area contributed by atoms with Crippen LogP contribution >= 0.6 is 0 Å². The third-order valence-electron chi connectivity index (χ3n) is 5.76. The average molecular weight is 567 g/mol. The predicted octanol–water partition coefficient (Wildman–Crippen LogP) is 6.26. The largest absolute Gasteiger partial charge is 0.497 e. The molecule has 2 aromatic rings. The lowest BCUT2D eigenvalue weighted by molar-refractivity contribution is -0.149. The summed E-state index contributed by atoms with van der Waals surface area (Å²) in [7, 11) is -0.601. The first-order valence-corrected chi connectivity index (χ1v) is 13.4. The van der Waals surface area contributed by atoms with E-state index in [1.165, 1.54) is 13.2 Å². The zero-order valence-corrected chi connectivity index (χ0v) is 23.8. The fourth-order valence-electron chi connectivity index (χ4n) is 3.89. The maximum Gasteiger partial charge on any atom is 0.422 e. The number of para-hydroxylation sites is 1. The van der Waals surface area contributed by atoms with Crippen molar-refractivity contribution >= 4 is 39.8 Å². The second-order valence-corrected chi connectivity index (χ2v) is 13.0. The quantitative estimate of drug-likeness (QED) is 0.417. The number of rotatable bonds is 6. The van der Waals surface area contributed by atoms with Crippen molar-refractivity contribution in [2.75, 3.05) is 12.0 Å². The van der Waals surface area contributed by atoms with Gasteiger partial charge < -0.3 is 9.47 Å². The zero-order valence-electron chi connectivity index (χ0n) is 22.9. The Morgan fingerprint density at radius 3 is 2.10 bits per heavy atom. The van der Waals surface area contributed by atoms with E-state index in [0.29, 0.717) is 11.3 Å². The summed E-state index contributed by atoms with van der Waals surface area (Å²) in [6.45, 7) is 9.61. The van der Waals surface area contributed by atoms with Crippen LogP contribution in [0.1, 0.15) is 59.1 Å². The van der Waals surface area contributed by atoms with E-state index in [1.807, 2.05) is 0 Å². The summed E-state index contributed by atoms with van der Waals surface area (Å²) in [6, 6.07) is 10.3. The number of hydrogen-bond donors (Lipinski definition) is 1.